The number of rotatable bonds is 3. The number of benzene rings is 1. The summed E-state index contributed by atoms with van der Waals surface area (Å²) in [6.07, 6.45) is 1.33. The molecule has 2 heterocycles. The average Bonchev–Trinajstić information content (AvgIpc) is 2.90. The van der Waals surface area contributed by atoms with E-state index in [0.717, 1.165) is 15.2 Å². The Morgan fingerprint density at radius 2 is 2.10 bits per heavy atom. The molecule has 106 valence electrons. The summed E-state index contributed by atoms with van der Waals surface area (Å²) in [5.41, 5.74) is 1.15. The van der Waals surface area contributed by atoms with Crippen molar-refractivity contribution < 1.29 is 9.53 Å². The molecule has 0 unspecified atom stereocenters. The third-order valence-corrected chi connectivity index (χ3v) is 4.39. The van der Waals surface area contributed by atoms with Gasteiger partial charge in [0, 0.05) is 6.20 Å². The Morgan fingerprint density at radius 1 is 1.29 bits per heavy atom. The van der Waals surface area contributed by atoms with Gasteiger partial charge in [0.25, 0.3) is 0 Å². The van der Waals surface area contributed by atoms with Gasteiger partial charge in [-0.3, -0.25) is 0 Å². The molecule has 0 bridgehead atoms. The van der Waals surface area contributed by atoms with Crippen LogP contribution in [0.25, 0.3) is 10.2 Å². The van der Waals surface area contributed by atoms with Gasteiger partial charge in [-0.15, -0.1) is 11.3 Å². The highest BCUT2D eigenvalue weighted by molar-refractivity contribution is 7.18. The van der Waals surface area contributed by atoms with E-state index >= 15 is 0 Å². The molecule has 0 amide bonds. The third kappa shape index (κ3) is 3.15. The number of ether oxygens (including phenoxy) is 1. The van der Waals surface area contributed by atoms with E-state index in [1.165, 1.54) is 23.6 Å². The Hall–Kier alpha value is -1.69. The number of fused-ring (bicyclic) bond motifs is 1. The zero-order chi connectivity index (χ0) is 14.8. The van der Waals surface area contributed by atoms with E-state index in [9.17, 15) is 4.79 Å². The minimum absolute atomic E-state index is 0.110. The van der Waals surface area contributed by atoms with Gasteiger partial charge in [-0.25, -0.2) is 14.8 Å². The van der Waals surface area contributed by atoms with E-state index < -0.39 is 5.97 Å². The second-order valence-corrected chi connectivity index (χ2v) is 6.03. The number of halogens is 2. The van der Waals surface area contributed by atoms with Gasteiger partial charge in [-0.2, -0.15) is 0 Å². The first-order valence-corrected chi connectivity index (χ1v) is 7.53. The first kappa shape index (κ1) is 14.3. The summed E-state index contributed by atoms with van der Waals surface area (Å²) >= 11 is 13.0. The predicted molar refractivity (Wildman–Crippen MR) is 83.0 cm³/mol. The second-order valence-electron chi connectivity index (χ2n) is 4.15. The maximum absolute atomic E-state index is 11.9. The number of nitrogens with zero attached hydrogens (tertiary/aromatic N) is 2. The lowest BCUT2D eigenvalue weighted by molar-refractivity contribution is 0.0472. The Bertz CT molecular complexity index is 787. The van der Waals surface area contributed by atoms with Crippen LogP contribution < -0.4 is 0 Å². The molecule has 0 aliphatic carbocycles. The SMILES string of the molecule is O=C(OCc1nc2ccccc2s1)c1cnc(Cl)c(Cl)c1. The Kier molecular flexibility index (Phi) is 4.05. The van der Waals surface area contributed by atoms with Gasteiger partial charge in [0.2, 0.25) is 0 Å². The highest BCUT2D eigenvalue weighted by atomic mass is 35.5. The number of para-hydroxylation sites is 1. The average molecular weight is 339 g/mol. The van der Waals surface area contributed by atoms with E-state index in [-0.39, 0.29) is 22.3 Å². The molecule has 0 spiro atoms. The molecule has 3 rings (SSSR count). The lowest BCUT2D eigenvalue weighted by Crippen LogP contribution is -2.05. The monoisotopic (exact) mass is 338 g/mol. The summed E-state index contributed by atoms with van der Waals surface area (Å²) in [5.74, 6) is -0.514. The summed E-state index contributed by atoms with van der Waals surface area (Å²) in [4.78, 5) is 20.1. The first-order chi connectivity index (χ1) is 10.1. The van der Waals surface area contributed by atoms with E-state index in [4.69, 9.17) is 27.9 Å². The molecule has 3 aromatic rings. The molecule has 0 radical (unpaired) electrons. The number of hydrogen-bond donors (Lipinski definition) is 0. The molecular formula is C14H8Cl2N2O2S. The minimum Gasteiger partial charge on any atom is -0.455 e. The zero-order valence-corrected chi connectivity index (χ0v) is 12.9. The maximum atomic E-state index is 11.9. The van der Waals surface area contributed by atoms with E-state index in [1.54, 1.807) is 0 Å². The highest BCUT2D eigenvalue weighted by Crippen LogP contribution is 2.23. The number of carbonyl (C=O) groups is 1. The topological polar surface area (TPSA) is 52.1 Å². The van der Waals surface area contributed by atoms with Crippen molar-refractivity contribution in [2.75, 3.05) is 0 Å². The van der Waals surface area contributed by atoms with Crippen molar-refractivity contribution in [1.29, 1.82) is 0 Å². The molecule has 0 N–H and O–H groups in total. The van der Waals surface area contributed by atoms with Crippen LogP contribution in [0.4, 0.5) is 0 Å². The zero-order valence-electron chi connectivity index (χ0n) is 10.5. The Balaban J connectivity index is 1.71. The minimum atomic E-state index is -0.514. The summed E-state index contributed by atoms with van der Waals surface area (Å²) in [6.45, 7) is 0.110. The molecular weight excluding hydrogens is 331 g/mol. The summed E-state index contributed by atoms with van der Waals surface area (Å²) in [7, 11) is 0. The van der Waals surface area contributed by atoms with Gasteiger partial charge >= 0.3 is 5.97 Å². The van der Waals surface area contributed by atoms with E-state index in [0.29, 0.717) is 0 Å². The van der Waals surface area contributed by atoms with Gasteiger partial charge in [0.1, 0.15) is 16.8 Å². The quantitative estimate of drug-likeness (QED) is 0.526. The molecule has 0 aliphatic rings. The molecule has 2 aromatic heterocycles. The van der Waals surface area contributed by atoms with Crippen LogP contribution in [0.5, 0.6) is 0 Å². The van der Waals surface area contributed by atoms with Gasteiger partial charge in [-0.05, 0) is 18.2 Å². The fourth-order valence-electron chi connectivity index (χ4n) is 1.73. The number of thiazole rings is 1. The number of aromatic nitrogens is 2. The van der Waals surface area contributed by atoms with Gasteiger partial charge < -0.3 is 4.74 Å². The van der Waals surface area contributed by atoms with E-state index in [2.05, 4.69) is 9.97 Å². The smallest absolute Gasteiger partial charge is 0.340 e. The fraction of sp³-hybridized carbons (Fsp3) is 0.0714. The van der Waals surface area contributed by atoms with Crippen molar-refractivity contribution in [2.24, 2.45) is 0 Å². The van der Waals surface area contributed by atoms with Crippen molar-refractivity contribution in [1.82, 2.24) is 9.97 Å². The lowest BCUT2D eigenvalue weighted by Gasteiger charge is -2.03. The number of esters is 1. The molecule has 0 fully saturated rings. The van der Waals surface area contributed by atoms with E-state index in [1.807, 2.05) is 24.3 Å². The molecule has 21 heavy (non-hydrogen) atoms. The van der Waals surface area contributed by atoms with Crippen LogP contribution >= 0.6 is 34.5 Å². The number of pyridine rings is 1. The second kappa shape index (κ2) is 5.97. The molecule has 7 heteroatoms. The van der Waals surface area contributed by atoms with Crippen molar-refractivity contribution in [3.05, 3.63) is 57.3 Å². The first-order valence-electron chi connectivity index (χ1n) is 5.96. The van der Waals surface area contributed by atoms with Crippen molar-refractivity contribution in [3.8, 4) is 0 Å². The number of hydrogen-bond acceptors (Lipinski definition) is 5. The van der Waals surface area contributed by atoms with Gasteiger partial charge in [0.05, 0.1) is 20.8 Å². The Labute approximate surface area is 134 Å². The van der Waals surface area contributed by atoms with Crippen molar-refractivity contribution in [2.45, 2.75) is 6.61 Å². The summed E-state index contributed by atoms with van der Waals surface area (Å²) in [6, 6.07) is 9.18. The van der Waals surface area contributed by atoms with Crippen molar-refractivity contribution in [3.63, 3.8) is 0 Å². The fourth-order valence-corrected chi connectivity index (χ4v) is 2.88. The molecule has 0 saturated carbocycles. The van der Waals surface area contributed by atoms with Crippen LogP contribution in [-0.4, -0.2) is 15.9 Å². The highest BCUT2D eigenvalue weighted by Gasteiger charge is 2.12. The van der Waals surface area contributed by atoms with Crippen LogP contribution in [0.2, 0.25) is 10.2 Å². The Morgan fingerprint density at radius 3 is 2.86 bits per heavy atom. The van der Waals surface area contributed by atoms with Crippen molar-refractivity contribution >= 4 is 50.7 Å². The molecule has 4 nitrogen and oxygen atoms in total. The largest absolute Gasteiger partial charge is 0.455 e. The molecule has 1 aromatic carbocycles. The summed E-state index contributed by atoms with van der Waals surface area (Å²) in [5, 5.41) is 1.10. The van der Waals surface area contributed by atoms with Crippen LogP contribution in [0.3, 0.4) is 0 Å². The summed E-state index contributed by atoms with van der Waals surface area (Å²) < 4.78 is 6.26. The molecule has 0 saturated heterocycles. The number of carbonyl (C=O) groups excluding carboxylic acids is 1. The van der Waals surface area contributed by atoms with Gasteiger partial charge in [-0.1, -0.05) is 35.3 Å². The molecule has 0 atom stereocenters. The van der Waals surface area contributed by atoms with Crippen LogP contribution in [0.15, 0.2) is 36.5 Å². The molecule has 0 aliphatic heterocycles. The van der Waals surface area contributed by atoms with Crippen LogP contribution in [0, 0.1) is 0 Å². The standard InChI is InChI=1S/C14H8Cl2N2O2S/c15-9-5-8(6-17-13(9)16)14(19)20-7-12-18-10-3-1-2-4-11(10)21-12/h1-6H,7H2. The predicted octanol–water partition coefficient (Wildman–Crippen LogP) is 4.36. The van der Waals surface area contributed by atoms with Gasteiger partial charge in [0.15, 0.2) is 0 Å². The normalized spacial score (nSPS) is 10.8. The maximum Gasteiger partial charge on any atom is 0.340 e. The lowest BCUT2D eigenvalue weighted by atomic mass is 10.3. The van der Waals surface area contributed by atoms with Crippen LogP contribution in [0.1, 0.15) is 15.4 Å². The van der Waals surface area contributed by atoms with Crippen LogP contribution in [-0.2, 0) is 11.3 Å². The third-order valence-electron chi connectivity index (χ3n) is 2.70.